The first-order valence-corrected chi connectivity index (χ1v) is 11.2. The molecule has 0 bridgehead atoms. The summed E-state index contributed by atoms with van der Waals surface area (Å²) in [6.07, 6.45) is 15.9. The molecule has 2 N–H and O–H groups in total. The van der Waals surface area contributed by atoms with E-state index in [0.717, 1.165) is 38.1 Å². The number of aromatic nitrogens is 2. The second-order valence-electron chi connectivity index (χ2n) is 8.72. The summed E-state index contributed by atoms with van der Waals surface area (Å²) in [5, 5.41) is 7.15. The summed E-state index contributed by atoms with van der Waals surface area (Å²) in [5.41, 5.74) is 1.23. The van der Waals surface area contributed by atoms with Crippen LogP contribution in [0.4, 0.5) is 11.8 Å². The van der Waals surface area contributed by atoms with Crippen LogP contribution in [0.3, 0.4) is 0 Å². The van der Waals surface area contributed by atoms with Crippen molar-refractivity contribution in [3.8, 4) is 0 Å². The quantitative estimate of drug-likeness (QED) is 0.682. The third-order valence-electron chi connectivity index (χ3n) is 6.01. The van der Waals surface area contributed by atoms with E-state index in [1.807, 2.05) is 0 Å². The minimum absolute atomic E-state index is 0.192. The maximum atomic E-state index is 6.27. The normalized spacial score (nSPS) is 27.7. The van der Waals surface area contributed by atoms with Crippen molar-refractivity contribution in [2.45, 2.75) is 51.6 Å². The molecule has 0 saturated carbocycles. The van der Waals surface area contributed by atoms with Crippen molar-refractivity contribution in [2.75, 3.05) is 43.4 Å². The summed E-state index contributed by atoms with van der Waals surface area (Å²) in [7, 11) is 0. The van der Waals surface area contributed by atoms with Crippen molar-refractivity contribution in [1.82, 2.24) is 14.9 Å². The number of nitrogens with one attached hydrogen (secondary N) is 2. The van der Waals surface area contributed by atoms with Gasteiger partial charge in [-0.1, -0.05) is 37.1 Å². The number of anilines is 2. The molecule has 0 aromatic carbocycles. The van der Waals surface area contributed by atoms with Crippen molar-refractivity contribution < 1.29 is 4.74 Å². The van der Waals surface area contributed by atoms with Crippen LogP contribution >= 0.6 is 11.6 Å². The summed E-state index contributed by atoms with van der Waals surface area (Å²) >= 11 is 6.27. The molecule has 0 radical (unpaired) electrons. The number of halogens is 1. The van der Waals surface area contributed by atoms with E-state index in [2.05, 4.69) is 50.7 Å². The highest BCUT2D eigenvalue weighted by molar-refractivity contribution is 6.32. The molecule has 3 heterocycles. The highest BCUT2D eigenvalue weighted by Gasteiger charge is 2.26. The molecule has 2 unspecified atom stereocenters. The van der Waals surface area contributed by atoms with Crippen LogP contribution in [-0.2, 0) is 4.74 Å². The first-order chi connectivity index (χ1) is 14.1. The fourth-order valence-corrected chi connectivity index (χ4v) is 4.46. The van der Waals surface area contributed by atoms with Crippen LogP contribution in [0.25, 0.3) is 0 Å². The molecule has 7 heteroatoms. The molecule has 0 spiro atoms. The van der Waals surface area contributed by atoms with Gasteiger partial charge >= 0.3 is 0 Å². The molecule has 6 nitrogen and oxygen atoms in total. The lowest BCUT2D eigenvalue weighted by atomic mass is 9.82. The van der Waals surface area contributed by atoms with E-state index in [9.17, 15) is 0 Å². The summed E-state index contributed by atoms with van der Waals surface area (Å²) in [6.45, 7) is 7.50. The lowest BCUT2D eigenvalue weighted by molar-refractivity contribution is 0.120. The van der Waals surface area contributed by atoms with Gasteiger partial charge in [0.2, 0.25) is 5.95 Å². The number of likely N-dealkylation sites (tertiary alicyclic amines) is 1. The zero-order valence-corrected chi connectivity index (χ0v) is 18.0. The van der Waals surface area contributed by atoms with Gasteiger partial charge in [0.05, 0.1) is 12.3 Å². The second-order valence-corrected chi connectivity index (χ2v) is 9.13. The zero-order valence-electron chi connectivity index (χ0n) is 17.3. The first kappa shape index (κ1) is 20.6. The number of hydrogen-bond acceptors (Lipinski definition) is 6. The molecular formula is C22H32ClN5O. The van der Waals surface area contributed by atoms with Gasteiger partial charge in [-0.15, -0.1) is 0 Å². The average Bonchev–Trinajstić information content (AvgIpc) is 3.24. The van der Waals surface area contributed by atoms with Crippen molar-refractivity contribution in [2.24, 2.45) is 5.41 Å². The summed E-state index contributed by atoms with van der Waals surface area (Å²) < 4.78 is 5.65. The molecule has 0 amide bonds. The predicted octanol–water partition coefficient (Wildman–Crippen LogP) is 4.47. The van der Waals surface area contributed by atoms with Crippen LogP contribution < -0.4 is 10.6 Å². The lowest BCUT2D eigenvalue weighted by Crippen LogP contribution is -2.38. The molecule has 29 heavy (non-hydrogen) atoms. The summed E-state index contributed by atoms with van der Waals surface area (Å²) in [6, 6.07) is 0. The largest absolute Gasteiger partial charge is 0.376 e. The molecule has 158 valence electrons. The smallest absolute Gasteiger partial charge is 0.229 e. The van der Waals surface area contributed by atoms with Crippen LogP contribution in [0.15, 0.2) is 30.1 Å². The third kappa shape index (κ3) is 5.71. The Bertz CT molecular complexity index is 756. The molecule has 1 aliphatic carbocycles. The number of hydrogen-bond donors (Lipinski definition) is 2. The zero-order chi connectivity index (χ0) is 20.1. The number of allylic oxidation sites excluding steroid dienone is 2. The van der Waals surface area contributed by atoms with Crippen molar-refractivity contribution in [3.05, 3.63) is 35.1 Å². The maximum absolute atomic E-state index is 6.27. The highest BCUT2D eigenvalue weighted by Crippen LogP contribution is 2.31. The predicted molar refractivity (Wildman–Crippen MR) is 118 cm³/mol. The van der Waals surface area contributed by atoms with Gasteiger partial charge < -0.3 is 20.3 Å². The second kappa shape index (κ2) is 9.45. The SMILES string of the molecule is CC1(CN2CCCCC2)C=CC(Nc2ncc(Cl)c(NCC3CCCO3)n2)=CC1. The van der Waals surface area contributed by atoms with E-state index >= 15 is 0 Å². The molecule has 1 aromatic heterocycles. The maximum Gasteiger partial charge on any atom is 0.229 e. The van der Waals surface area contributed by atoms with E-state index in [1.165, 1.54) is 32.4 Å². The van der Waals surface area contributed by atoms with Gasteiger partial charge in [0.25, 0.3) is 0 Å². The molecular weight excluding hydrogens is 386 g/mol. The van der Waals surface area contributed by atoms with Crippen LogP contribution in [0.2, 0.25) is 5.02 Å². The van der Waals surface area contributed by atoms with Crippen LogP contribution in [-0.4, -0.2) is 53.8 Å². The Morgan fingerprint density at radius 3 is 2.86 bits per heavy atom. The number of nitrogens with zero attached hydrogens (tertiary/aromatic N) is 3. The molecule has 2 aliphatic heterocycles. The Balaban J connectivity index is 1.32. The number of piperidine rings is 1. The average molecular weight is 418 g/mol. The highest BCUT2D eigenvalue weighted by atomic mass is 35.5. The lowest BCUT2D eigenvalue weighted by Gasteiger charge is -2.36. The molecule has 4 rings (SSSR count). The van der Waals surface area contributed by atoms with Gasteiger partial charge in [-0.3, -0.25) is 0 Å². The Morgan fingerprint density at radius 1 is 1.28 bits per heavy atom. The molecule has 2 fully saturated rings. The Hall–Kier alpha value is -1.63. The van der Waals surface area contributed by atoms with E-state index in [0.29, 0.717) is 23.3 Å². The van der Waals surface area contributed by atoms with Crippen LogP contribution in [0.1, 0.15) is 45.4 Å². The van der Waals surface area contributed by atoms with E-state index in [-0.39, 0.29) is 11.5 Å². The summed E-state index contributed by atoms with van der Waals surface area (Å²) in [5.74, 6) is 1.20. The van der Waals surface area contributed by atoms with Gasteiger partial charge in [-0.2, -0.15) is 4.98 Å². The number of ether oxygens (including phenoxy) is 1. The monoisotopic (exact) mass is 417 g/mol. The van der Waals surface area contributed by atoms with Gasteiger partial charge in [0, 0.05) is 30.8 Å². The third-order valence-corrected chi connectivity index (χ3v) is 6.29. The standard InChI is InChI=1S/C22H32ClN5O/c1-22(16-28-11-3-2-4-12-28)9-7-17(8-10-22)26-21-25-15-19(23)20(27-21)24-14-18-6-5-13-29-18/h7-9,15,18H,2-6,10-14,16H2,1H3,(H2,24,25,26,27). The van der Waals surface area contributed by atoms with Crippen LogP contribution in [0, 0.1) is 5.41 Å². The molecule has 2 saturated heterocycles. The van der Waals surface area contributed by atoms with Gasteiger partial charge in [0.1, 0.15) is 5.02 Å². The topological polar surface area (TPSA) is 62.3 Å². The van der Waals surface area contributed by atoms with Gasteiger partial charge in [-0.05, 0) is 51.3 Å². The summed E-state index contributed by atoms with van der Waals surface area (Å²) in [4.78, 5) is 11.5. The minimum atomic E-state index is 0.192. The van der Waals surface area contributed by atoms with E-state index in [4.69, 9.17) is 16.3 Å². The van der Waals surface area contributed by atoms with E-state index in [1.54, 1.807) is 6.20 Å². The Morgan fingerprint density at radius 2 is 2.14 bits per heavy atom. The fraction of sp³-hybridized carbons (Fsp3) is 0.636. The van der Waals surface area contributed by atoms with Gasteiger partial charge in [-0.25, -0.2) is 4.98 Å². The Kier molecular flexibility index (Phi) is 6.73. The van der Waals surface area contributed by atoms with Gasteiger partial charge in [0.15, 0.2) is 5.82 Å². The van der Waals surface area contributed by atoms with Crippen molar-refractivity contribution in [1.29, 1.82) is 0 Å². The molecule has 1 aromatic rings. The minimum Gasteiger partial charge on any atom is -0.376 e. The molecule has 2 atom stereocenters. The molecule has 3 aliphatic rings. The Labute approximate surface area is 178 Å². The van der Waals surface area contributed by atoms with Crippen molar-refractivity contribution in [3.63, 3.8) is 0 Å². The first-order valence-electron chi connectivity index (χ1n) is 10.9. The fourth-order valence-electron chi connectivity index (χ4n) is 4.30. The van der Waals surface area contributed by atoms with E-state index < -0.39 is 0 Å². The van der Waals surface area contributed by atoms with Crippen LogP contribution in [0.5, 0.6) is 0 Å². The number of rotatable bonds is 7. The van der Waals surface area contributed by atoms with Crippen molar-refractivity contribution >= 4 is 23.4 Å².